The maximum atomic E-state index is 12.6. The van der Waals surface area contributed by atoms with Crippen LogP contribution in [0, 0.1) is 0 Å². The van der Waals surface area contributed by atoms with Crippen molar-refractivity contribution in [3.05, 3.63) is 81.9 Å². The number of benzene rings is 2. The van der Waals surface area contributed by atoms with Crippen LogP contribution >= 0.6 is 0 Å². The Bertz CT molecular complexity index is 1330. The van der Waals surface area contributed by atoms with E-state index in [1.165, 1.54) is 6.07 Å². The van der Waals surface area contributed by atoms with Gasteiger partial charge in [0.25, 0.3) is 5.56 Å². The van der Waals surface area contributed by atoms with Crippen LogP contribution in [0.3, 0.4) is 0 Å². The maximum Gasteiger partial charge on any atom is 0.412 e. The molecule has 1 aromatic heterocycles. The van der Waals surface area contributed by atoms with Crippen molar-refractivity contribution in [3.8, 4) is 11.1 Å². The van der Waals surface area contributed by atoms with E-state index in [2.05, 4.69) is 27.4 Å². The Hall–Kier alpha value is -4.14. The van der Waals surface area contributed by atoms with Crippen LogP contribution in [0.25, 0.3) is 11.1 Å². The van der Waals surface area contributed by atoms with E-state index in [4.69, 9.17) is 9.47 Å². The Morgan fingerprint density at radius 3 is 2.28 bits per heavy atom. The van der Waals surface area contributed by atoms with Crippen molar-refractivity contribution in [2.24, 2.45) is 0 Å². The van der Waals surface area contributed by atoms with Gasteiger partial charge in [0.15, 0.2) is 0 Å². The third kappa shape index (κ3) is 4.82. The van der Waals surface area contributed by atoms with Crippen LogP contribution in [0.15, 0.2) is 59.4 Å². The Kier molecular flexibility index (Phi) is 5.99. The molecule has 0 spiro atoms. The average Bonchev–Trinajstić information content (AvgIpc) is 3.09. The zero-order valence-electron chi connectivity index (χ0n) is 20.4. The minimum Gasteiger partial charge on any atom is -0.448 e. The highest BCUT2D eigenvalue weighted by Crippen LogP contribution is 2.44. The van der Waals surface area contributed by atoms with E-state index in [1.807, 2.05) is 36.4 Å². The van der Waals surface area contributed by atoms with E-state index in [0.717, 1.165) is 22.3 Å². The first-order chi connectivity index (χ1) is 17.2. The number of anilines is 1. The van der Waals surface area contributed by atoms with Crippen LogP contribution in [0.1, 0.15) is 49.6 Å². The molecule has 2 heterocycles. The van der Waals surface area contributed by atoms with Crippen LogP contribution in [0.4, 0.5) is 15.4 Å². The zero-order valence-corrected chi connectivity index (χ0v) is 20.4. The topological polar surface area (TPSA) is 114 Å². The molecule has 2 aromatic carbocycles. The maximum absolute atomic E-state index is 12.6. The van der Waals surface area contributed by atoms with Crippen LogP contribution in [-0.2, 0) is 9.47 Å². The first kappa shape index (κ1) is 23.6. The summed E-state index contributed by atoms with van der Waals surface area (Å²) in [6, 6.07) is 17.4. The lowest BCUT2D eigenvalue weighted by atomic mass is 9.98. The number of nitrogens with one attached hydrogen (secondary N) is 2. The standard InChI is InChI=1S/C27H28N4O5/c1-27(2,3)36-26(34)31-13-16(14-31)24-28-22(12-23(32)30-24)29-25(33)35-15-21-19-10-6-4-8-17(19)18-9-5-7-11-20(18)21/h4-12,16,21H,13-15H2,1-3H3,(H2,28,29,30,32,33). The molecule has 2 N–H and O–H groups in total. The Balaban J connectivity index is 1.21. The van der Waals surface area contributed by atoms with Gasteiger partial charge in [0.05, 0.1) is 5.92 Å². The summed E-state index contributed by atoms with van der Waals surface area (Å²) >= 11 is 0. The predicted molar refractivity (Wildman–Crippen MR) is 134 cm³/mol. The molecule has 0 saturated carbocycles. The number of nitrogens with zero attached hydrogens (tertiary/aromatic N) is 2. The van der Waals surface area contributed by atoms with E-state index < -0.39 is 23.3 Å². The average molecular weight is 489 g/mol. The highest BCUT2D eigenvalue weighted by atomic mass is 16.6. The van der Waals surface area contributed by atoms with Crippen LogP contribution in [-0.4, -0.2) is 52.4 Å². The van der Waals surface area contributed by atoms with E-state index in [9.17, 15) is 14.4 Å². The van der Waals surface area contributed by atoms with Crippen molar-refractivity contribution in [2.45, 2.75) is 38.2 Å². The van der Waals surface area contributed by atoms with E-state index in [1.54, 1.807) is 25.7 Å². The highest BCUT2D eigenvalue weighted by molar-refractivity contribution is 5.84. The molecular weight excluding hydrogens is 460 g/mol. The van der Waals surface area contributed by atoms with Gasteiger partial charge >= 0.3 is 12.2 Å². The molecule has 9 heteroatoms. The van der Waals surface area contributed by atoms with Crippen molar-refractivity contribution in [3.63, 3.8) is 0 Å². The van der Waals surface area contributed by atoms with Gasteiger partial charge in [-0.2, -0.15) is 0 Å². The highest BCUT2D eigenvalue weighted by Gasteiger charge is 2.36. The van der Waals surface area contributed by atoms with Crippen molar-refractivity contribution >= 4 is 18.0 Å². The summed E-state index contributed by atoms with van der Waals surface area (Å²) in [6.07, 6.45) is -1.10. The summed E-state index contributed by atoms with van der Waals surface area (Å²) in [5.74, 6) is 0.270. The van der Waals surface area contributed by atoms with Gasteiger partial charge in [-0.3, -0.25) is 10.1 Å². The number of carbonyl (C=O) groups excluding carboxylic acids is 2. The number of aromatic nitrogens is 2. The number of hydrogen-bond acceptors (Lipinski definition) is 6. The molecule has 0 atom stereocenters. The quantitative estimate of drug-likeness (QED) is 0.560. The summed E-state index contributed by atoms with van der Waals surface area (Å²) in [5.41, 5.74) is 3.53. The second-order valence-electron chi connectivity index (χ2n) is 10.0. The van der Waals surface area contributed by atoms with Crippen LogP contribution in [0.2, 0.25) is 0 Å². The minimum atomic E-state index is -0.690. The molecule has 5 rings (SSSR count). The van der Waals surface area contributed by atoms with Crippen LogP contribution in [0.5, 0.6) is 0 Å². The summed E-state index contributed by atoms with van der Waals surface area (Å²) in [6.45, 7) is 6.31. The van der Waals surface area contributed by atoms with Crippen molar-refractivity contribution in [1.82, 2.24) is 14.9 Å². The predicted octanol–water partition coefficient (Wildman–Crippen LogP) is 4.47. The fourth-order valence-electron chi connectivity index (χ4n) is 4.60. The third-order valence-electron chi connectivity index (χ3n) is 6.25. The molecule has 186 valence electrons. The van der Waals surface area contributed by atoms with E-state index >= 15 is 0 Å². The molecule has 1 fully saturated rings. The monoisotopic (exact) mass is 488 g/mol. The fourth-order valence-corrected chi connectivity index (χ4v) is 4.60. The van der Waals surface area contributed by atoms with Gasteiger partial charge in [-0.1, -0.05) is 48.5 Å². The molecule has 1 saturated heterocycles. The molecular formula is C27H28N4O5. The third-order valence-corrected chi connectivity index (χ3v) is 6.25. The molecule has 0 radical (unpaired) electrons. The molecule has 1 aliphatic heterocycles. The second-order valence-corrected chi connectivity index (χ2v) is 10.0. The largest absolute Gasteiger partial charge is 0.448 e. The normalized spacial score (nSPS) is 15.0. The first-order valence-electron chi connectivity index (χ1n) is 11.9. The summed E-state index contributed by atoms with van der Waals surface area (Å²) in [4.78, 5) is 45.6. The number of ether oxygens (including phenoxy) is 2. The lowest BCUT2D eigenvalue weighted by Crippen LogP contribution is -2.51. The fraction of sp³-hybridized carbons (Fsp3) is 0.333. The molecule has 2 aliphatic rings. The molecule has 9 nitrogen and oxygen atoms in total. The van der Waals surface area contributed by atoms with Gasteiger partial charge in [-0.25, -0.2) is 14.6 Å². The number of fused-ring (bicyclic) bond motifs is 3. The van der Waals surface area contributed by atoms with Crippen LogP contribution < -0.4 is 10.9 Å². The van der Waals surface area contributed by atoms with Gasteiger partial charge < -0.3 is 19.4 Å². The summed E-state index contributed by atoms with van der Waals surface area (Å²) < 4.78 is 10.9. The molecule has 0 unspecified atom stereocenters. The SMILES string of the molecule is CC(C)(C)OC(=O)N1CC(c2nc(NC(=O)OCC3c4ccccc4-c4ccccc43)cc(=O)[nH]2)C1. The second kappa shape index (κ2) is 9.14. The first-order valence-corrected chi connectivity index (χ1v) is 11.9. The van der Waals surface area contributed by atoms with Gasteiger partial charge in [-0.05, 0) is 43.0 Å². The van der Waals surface area contributed by atoms with Gasteiger partial charge in [0.2, 0.25) is 0 Å². The lowest BCUT2D eigenvalue weighted by Gasteiger charge is -2.39. The number of H-pyrrole nitrogens is 1. The molecule has 0 bridgehead atoms. The Morgan fingerprint density at radius 2 is 1.67 bits per heavy atom. The number of rotatable bonds is 4. The molecule has 3 aromatic rings. The van der Waals surface area contributed by atoms with Gasteiger partial charge in [-0.15, -0.1) is 0 Å². The van der Waals surface area contributed by atoms with Crippen molar-refractivity contribution in [1.29, 1.82) is 0 Å². The molecule has 36 heavy (non-hydrogen) atoms. The van der Waals surface area contributed by atoms with Crippen molar-refractivity contribution in [2.75, 3.05) is 25.0 Å². The number of aromatic amines is 1. The minimum absolute atomic E-state index is 0.0698. The van der Waals surface area contributed by atoms with E-state index in [-0.39, 0.29) is 24.3 Å². The zero-order chi connectivity index (χ0) is 25.4. The number of hydrogen-bond donors (Lipinski definition) is 2. The summed E-state index contributed by atoms with van der Waals surface area (Å²) in [5, 5.41) is 2.57. The Morgan fingerprint density at radius 1 is 1.06 bits per heavy atom. The summed E-state index contributed by atoms with van der Waals surface area (Å²) in [7, 11) is 0. The van der Waals surface area contributed by atoms with Crippen molar-refractivity contribution < 1.29 is 19.1 Å². The van der Waals surface area contributed by atoms with Gasteiger partial charge in [0, 0.05) is 25.1 Å². The lowest BCUT2D eigenvalue weighted by molar-refractivity contribution is 0.00752. The molecule has 1 aliphatic carbocycles. The number of carbonyl (C=O) groups is 2. The smallest absolute Gasteiger partial charge is 0.412 e. The Labute approximate surface area is 208 Å². The van der Waals surface area contributed by atoms with Gasteiger partial charge in [0.1, 0.15) is 23.9 Å². The van der Waals surface area contributed by atoms with E-state index in [0.29, 0.717) is 18.9 Å². The molecule has 2 amide bonds. The number of likely N-dealkylation sites (tertiary alicyclic amines) is 1. The number of amides is 2.